The van der Waals surface area contributed by atoms with Crippen LogP contribution in [-0.2, 0) is 25.2 Å². The summed E-state index contributed by atoms with van der Waals surface area (Å²) in [6, 6.07) is -3.41. The van der Waals surface area contributed by atoms with Gasteiger partial charge < -0.3 is 32.3 Å². The fourth-order valence-corrected chi connectivity index (χ4v) is 2.50. The third kappa shape index (κ3) is 10.1. The molecule has 4 unspecified atom stereocenters. The molecule has 0 aliphatic heterocycles. The summed E-state index contributed by atoms with van der Waals surface area (Å²) in [6.45, 7) is -0.183. The molecule has 0 radical (unpaired) electrons. The molecular formula is C14H28N4O6S. The summed E-state index contributed by atoms with van der Waals surface area (Å²) in [6.07, 6.45) is 2.85. The molecule has 8 N–H and O–H groups in total. The van der Waals surface area contributed by atoms with Crippen molar-refractivity contribution in [2.24, 2.45) is 11.5 Å². The molecule has 0 spiro atoms. The lowest BCUT2D eigenvalue weighted by molar-refractivity contribution is -0.142. The zero-order valence-electron chi connectivity index (χ0n) is 14.3. The van der Waals surface area contributed by atoms with E-state index in [4.69, 9.17) is 16.6 Å². The highest BCUT2D eigenvalue weighted by Gasteiger charge is 2.27. The van der Waals surface area contributed by atoms with E-state index in [0.717, 1.165) is 0 Å². The van der Waals surface area contributed by atoms with Crippen LogP contribution in [0.4, 0.5) is 0 Å². The summed E-state index contributed by atoms with van der Waals surface area (Å²) in [7, 11) is -1.20. The van der Waals surface area contributed by atoms with Gasteiger partial charge in [0.1, 0.15) is 18.1 Å². The van der Waals surface area contributed by atoms with Crippen LogP contribution in [0.2, 0.25) is 0 Å². The number of unbranched alkanes of at least 4 members (excludes halogenated alkanes) is 1. The summed E-state index contributed by atoms with van der Waals surface area (Å²) in [4.78, 5) is 35.4. The van der Waals surface area contributed by atoms with Crippen molar-refractivity contribution in [1.82, 2.24) is 10.6 Å². The lowest BCUT2D eigenvalue weighted by Gasteiger charge is -2.22. The number of nitrogens with two attached hydrogens (primary N) is 2. The summed E-state index contributed by atoms with van der Waals surface area (Å²) in [5.41, 5.74) is 10.8. The van der Waals surface area contributed by atoms with Crippen molar-refractivity contribution in [3.63, 3.8) is 0 Å². The van der Waals surface area contributed by atoms with E-state index in [9.17, 15) is 23.7 Å². The van der Waals surface area contributed by atoms with Crippen molar-refractivity contribution in [2.45, 2.75) is 43.8 Å². The zero-order chi connectivity index (χ0) is 19.4. The number of rotatable bonds is 13. The van der Waals surface area contributed by atoms with E-state index in [2.05, 4.69) is 10.6 Å². The van der Waals surface area contributed by atoms with Gasteiger partial charge in [-0.05, 0) is 32.2 Å². The Morgan fingerprint density at radius 1 is 1.08 bits per heavy atom. The normalized spacial score (nSPS) is 15.7. The van der Waals surface area contributed by atoms with Crippen LogP contribution in [0.3, 0.4) is 0 Å². The fraction of sp³-hybridized carbons (Fsp3) is 0.786. The molecule has 10 nitrogen and oxygen atoms in total. The first-order chi connectivity index (χ1) is 11.7. The van der Waals surface area contributed by atoms with Crippen LogP contribution in [0.5, 0.6) is 0 Å². The Balaban J connectivity index is 4.94. The smallest absolute Gasteiger partial charge is 0.326 e. The molecule has 0 aromatic rings. The molecule has 0 saturated heterocycles. The number of hydrogen-bond donors (Lipinski definition) is 6. The molecule has 0 aromatic carbocycles. The van der Waals surface area contributed by atoms with Gasteiger partial charge in [-0.3, -0.25) is 13.8 Å². The molecule has 11 heteroatoms. The van der Waals surface area contributed by atoms with Crippen LogP contribution in [0.25, 0.3) is 0 Å². The highest BCUT2D eigenvalue weighted by molar-refractivity contribution is 7.84. The molecule has 0 aromatic heterocycles. The van der Waals surface area contributed by atoms with E-state index in [-0.39, 0.29) is 18.6 Å². The van der Waals surface area contributed by atoms with Gasteiger partial charge in [0, 0.05) is 22.8 Å². The second kappa shape index (κ2) is 12.8. The van der Waals surface area contributed by atoms with E-state index in [1.165, 1.54) is 6.26 Å². The summed E-state index contributed by atoms with van der Waals surface area (Å²) < 4.78 is 11.2. The Hall–Kier alpha value is -1.56. The Morgan fingerprint density at radius 2 is 1.68 bits per heavy atom. The predicted octanol–water partition coefficient (Wildman–Crippen LogP) is -2.74. The van der Waals surface area contributed by atoms with E-state index >= 15 is 0 Å². The highest BCUT2D eigenvalue weighted by atomic mass is 32.2. The van der Waals surface area contributed by atoms with Crippen molar-refractivity contribution in [3.8, 4) is 0 Å². The topological polar surface area (TPSA) is 185 Å². The number of aliphatic hydroxyl groups is 1. The molecule has 0 aliphatic rings. The highest BCUT2D eigenvalue weighted by Crippen LogP contribution is 2.03. The standard InChI is InChI=1S/C14H28N4O6S/c1-25(24)7-5-10(17-12(20)9(16)8-19)13(21)18-11(14(22)23)4-2-3-6-15/h9-11,19H,2-8,15-16H2,1H3,(H,17,20)(H,18,21)(H,22,23). The van der Waals surface area contributed by atoms with E-state index < -0.39 is 53.3 Å². The maximum absolute atomic E-state index is 12.3. The maximum atomic E-state index is 12.3. The summed E-state index contributed by atoms with van der Waals surface area (Å²) >= 11 is 0. The Bertz CT molecular complexity index is 476. The van der Waals surface area contributed by atoms with Crippen molar-refractivity contribution in [3.05, 3.63) is 0 Å². The quantitative estimate of drug-likeness (QED) is 0.186. The number of amides is 2. The second-order valence-electron chi connectivity index (χ2n) is 5.60. The lowest BCUT2D eigenvalue weighted by atomic mass is 10.1. The molecular weight excluding hydrogens is 352 g/mol. The molecule has 146 valence electrons. The van der Waals surface area contributed by atoms with Gasteiger partial charge in [0.2, 0.25) is 11.8 Å². The third-order valence-corrected chi connectivity index (χ3v) is 4.23. The molecule has 0 aliphatic carbocycles. The average Bonchev–Trinajstić information content (AvgIpc) is 2.56. The fourth-order valence-electron chi connectivity index (χ4n) is 1.94. The molecule has 0 fully saturated rings. The molecule has 0 rings (SSSR count). The van der Waals surface area contributed by atoms with Crippen molar-refractivity contribution >= 4 is 28.6 Å². The average molecular weight is 380 g/mol. The zero-order valence-corrected chi connectivity index (χ0v) is 15.1. The summed E-state index contributed by atoms with van der Waals surface area (Å²) in [5, 5.41) is 22.8. The monoisotopic (exact) mass is 380 g/mol. The minimum atomic E-state index is -1.21. The van der Waals surface area contributed by atoms with Gasteiger partial charge >= 0.3 is 5.97 Å². The van der Waals surface area contributed by atoms with Crippen LogP contribution in [0.15, 0.2) is 0 Å². The number of nitrogens with one attached hydrogen (secondary N) is 2. The van der Waals surface area contributed by atoms with E-state index in [1.54, 1.807) is 0 Å². The third-order valence-electron chi connectivity index (χ3n) is 3.42. The van der Waals surface area contributed by atoms with Crippen molar-refractivity contribution in [2.75, 3.05) is 25.2 Å². The van der Waals surface area contributed by atoms with Gasteiger partial charge in [0.25, 0.3) is 0 Å². The van der Waals surface area contributed by atoms with Crippen LogP contribution in [-0.4, -0.2) is 75.5 Å². The SMILES string of the molecule is CS(=O)CCC(NC(=O)C(N)CO)C(=O)NC(CCCCN)C(=O)O. The first kappa shape index (κ1) is 23.4. The summed E-state index contributed by atoms with van der Waals surface area (Å²) in [5.74, 6) is -2.51. The van der Waals surface area contributed by atoms with E-state index in [0.29, 0.717) is 19.4 Å². The molecule has 25 heavy (non-hydrogen) atoms. The van der Waals surface area contributed by atoms with Gasteiger partial charge in [-0.2, -0.15) is 0 Å². The van der Waals surface area contributed by atoms with Crippen LogP contribution < -0.4 is 22.1 Å². The number of carboxylic acid groups (broad SMARTS) is 1. The predicted molar refractivity (Wildman–Crippen MR) is 93.0 cm³/mol. The Labute approximate surface area is 149 Å². The Morgan fingerprint density at radius 3 is 2.16 bits per heavy atom. The van der Waals surface area contributed by atoms with Gasteiger partial charge in [-0.1, -0.05) is 0 Å². The largest absolute Gasteiger partial charge is 0.480 e. The van der Waals surface area contributed by atoms with Gasteiger partial charge in [-0.15, -0.1) is 0 Å². The number of carbonyl (C=O) groups excluding carboxylic acids is 2. The minimum absolute atomic E-state index is 0.0496. The molecule has 0 heterocycles. The van der Waals surface area contributed by atoms with Crippen LogP contribution in [0.1, 0.15) is 25.7 Å². The number of aliphatic hydroxyl groups excluding tert-OH is 1. The van der Waals surface area contributed by atoms with Crippen LogP contribution >= 0.6 is 0 Å². The number of carbonyl (C=O) groups is 3. The minimum Gasteiger partial charge on any atom is -0.480 e. The maximum Gasteiger partial charge on any atom is 0.326 e. The van der Waals surface area contributed by atoms with Crippen LogP contribution in [0, 0.1) is 0 Å². The molecule has 2 amide bonds. The number of aliphatic carboxylic acids is 1. The lowest BCUT2D eigenvalue weighted by Crippen LogP contribution is -2.55. The number of hydrogen-bond acceptors (Lipinski definition) is 7. The number of carboxylic acids is 1. The van der Waals surface area contributed by atoms with Crippen molar-refractivity contribution in [1.29, 1.82) is 0 Å². The van der Waals surface area contributed by atoms with Gasteiger partial charge in [0.05, 0.1) is 6.61 Å². The first-order valence-corrected chi connectivity index (χ1v) is 9.65. The van der Waals surface area contributed by atoms with E-state index in [1.807, 2.05) is 0 Å². The van der Waals surface area contributed by atoms with Gasteiger partial charge in [0.15, 0.2) is 0 Å². The van der Waals surface area contributed by atoms with Gasteiger partial charge in [-0.25, -0.2) is 4.79 Å². The Kier molecular flexibility index (Phi) is 12.0. The molecule has 0 saturated carbocycles. The van der Waals surface area contributed by atoms with Crippen molar-refractivity contribution < 1.29 is 28.8 Å². The first-order valence-electron chi connectivity index (χ1n) is 7.93. The molecule has 0 bridgehead atoms. The second-order valence-corrected chi connectivity index (χ2v) is 7.15. The molecule has 4 atom stereocenters.